The summed E-state index contributed by atoms with van der Waals surface area (Å²) in [6.07, 6.45) is -0.950. The Hall–Kier alpha value is -2.25. The number of aliphatic hydroxyl groups excluding tert-OH is 1. The average molecular weight is 329 g/mol. The summed E-state index contributed by atoms with van der Waals surface area (Å²) in [6, 6.07) is 5.65. The summed E-state index contributed by atoms with van der Waals surface area (Å²) in [5.41, 5.74) is 4.55. The molecule has 5 atom stereocenters. The number of rotatable bonds is 1. The van der Waals surface area contributed by atoms with Crippen LogP contribution in [0, 0.1) is 11.3 Å². The van der Waals surface area contributed by atoms with E-state index >= 15 is 0 Å². The van der Waals surface area contributed by atoms with Crippen molar-refractivity contribution < 1.29 is 19.3 Å². The predicted molar refractivity (Wildman–Crippen MR) is 78.3 cm³/mol. The lowest BCUT2D eigenvalue weighted by Crippen LogP contribution is -2.32. The SMILES string of the molecule is CC1(C)O[C@H]2[C@H](c3ccc4c(N)ncnn34)O[C@]3(C#N)[C@@H](O)[C@]23O1. The number of hydrogen-bond acceptors (Lipinski definition) is 8. The van der Waals surface area contributed by atoms with E-state index in [-0.39, 0.29) is 0 Å². The fourth-order valence-electron chi connectivity index (χ4n) is 4.09. The maximum Gasteiger partial charge on any atom is 0.218 e. The van der Waals surface area contributed by atoms with Gasteiger partial charge in [0.15, 0.2) is 17.2 Å². The first-order chi connectivity index (χ1) is 11.4. The van der Waals surface area contributed by atoms with Crippen LogP contribution in [0.25, 0.3) is 5.52 Å². The van der Waals surface area contributed by atoms with Crippen molar-refractivity contribution in [3.63, 3.8) is 0 Å². The lowest BCUT2D eigenvalue weighted by Gasteiger charge is -2.23. The second-order valence-electron chi connectivity index (χ2n) is 6.82. The van der Waals surface area contributed by atoms with Gasteiger partial charge in [-0.3, -0.25) is 0 Å². The molecule has 0 aromatic carbocycles. The van der Waals surface area contributed by atoms with Crippen LogP contribution in [-0.2, 0) is 14.2 Å². The van der Waals surface area contributed by atoms with Crippen LogP contribution in [0.2, 0.25) is 0 Å². The summed E-state index contributed by atoms with van der Waals surface area (Å²) in [6.45, 7) is 3.50. The van der Waals surface area contributed by atoms with Crippen LogP contribution in [0.15, 0.2) is 18.5 Å². The fraction of sp³-hybridized carbons (Fsp3) is 0.533. The molecule has 3 fully saturated rings. The molecule has 1 spiro atoms. The molecule has 0 radical (unpaired) electrons. The minimum atomic E-state index is -1.43. The van der Waals surface area contributed by atoms with E-state index in [2.05, 4.69) is 16.2 Å². The van der Waals surface area contributed by atoms with E-state index in [9.17, 15) is 10.4 Å². The number of aliphatic hydroxyl groups is 1. The lowest BCUT2D eigenvalue weighted by atomic mass is 10.0. The Labute approximate surface area is 136 Å². The van der Waals surface area contributed by atoms with E-state index in [4.69, 9.17) is 19.9 Å². The van der Waals surface area contributed by atoms with E-state index in [0.29, 0.717) is 17.0 Å². The Balaban J connectivity index is 1.66. The van der Waals surface area contributed by atoms with Crippen molar-refractivity contribution >= 4 is 11.3 Å². The minimum absolute atomic E-state index is 0.341. The standard InChI is InChI=1S/C15H15N5O4/c1-13(2)23-10-9(22-14(5-16)12(21)15(10,14)24-13)7-3-4-8-11(17)18-6-19-20(7)8/h3-4,6,9-10,12,21H,1-2H3,(H2,17,18,19)/t9-,10-,12+,14+,15+/m0/s1. The second kappa shape index (κ2) is 3.87. The second-order valence-corrected chi connectivity index (χ2v) is 6.82. The predicted octanol–water partition coefficient (Wildman–Crippen LogP) is -0.0900. The number of nitriles is 1. The van der Waals surface area contributed by atoms with Crippen molar-refractivity contribution in [2.75, 3.05) is 5.73 Å². The quantitative estimate of drug-likeness (QED) is 0.743. The zero-order chi connectivity index (χ0) is 16.9. The van der Waals surface area contributed by atoms with E-state index in [1.165, 1.54) is 6.33 Å². The Morgan fingerprint density at radius 1 is 1.38 bits per heavy atom. The summed E-state index contributed by atoms with van der Waals surface area (Å²) >= 11 is 0. The van der Waals surface area contributed by atoms with Crippen LogP contribution < -0.4 is 5.73 Å². The van der Waals surface area contributed by atoms with Gasteiger partial charge in [-0.25, -0.2) is 9.50 Å². The van der Waals surface area contributed by atoms with Crippen LogP contribution in [-0.4, -0.2) is 48.9 Å². The third-order valence-electron chi connectivity index (χ3n) is 5.09. The Kier molecular flexibility index (Phi) is 2.28. The van der Waals surface area contributed by atoms with Gasteiger partial charge in [0.2, 0.25) is 5.60 Å². The highest BCUT2D eigenvalue weighted by molar-refractivity contribution is 5.65. The van der Waals surface area contributed by atoms with Gasteiger partial charge in [0, 0.05) is 0 Å². The van der Waals surface area contributed by atoms with Gasteiger partial charge in [-0.1, -0.05) is 0 Å². The zero-order valence-electron chi connectivity index (χ0n) is 13.0. The first kappa shape index (κ1) is 14.1. The molecule has 5 rings (SSSR count). The lowest BCUT2D eigenvalue weighted by molar-refractivity contribution is -0.182. The molecular weight excluding hydrogens is 314 g/mol. The molecular formula is C15H15N5O4. The Morgan fingerprint density at radius 3 is 2.92 bits per heavy atom. The first-order valence-electron chi connectivity index (χ1n) is 7.59. The van der Waals surface area contributed by atoms with E-state index in [1.54, 1.807) is 30.5 Å². The van der Waals surface area contributed by atoms with Crippen molar-refractivity contribution in [3.8, 4) is 6.07 Å². The van der Waals surface area contributed by atoms with Gasteiger partial charge in [-0.05, 0) is 26.0 Å². The van der Waals surface area contributed by atoms with Gasteiger partial charge in [0.25, 0.3) is 0 Å². The van der Waals surface area contributed by atoms with Crippen LogP contribution in [0.4, 0.5) is 5.82 Å². The molecule has 0 unspecified atom stereocenters. The van der Waals surface area contributed by atoms with Gasteiger partial charge in [-0.2, -0.15) is 10.4 Å². The number of aromatic nitrogens is 3. The largest absolute Gasteiger partial charge is 0.386 e. The van der Waals surface area contributed by atoms with Crippen LogP contribution in [0.5, 0.6) is 0 Å². The third kappa shape index (κ3) is 1.31. The molecule has 124 valence electrons. The molecule has 1 aliphatic carbocycles. The normalized spacial score (nSPS) is 41.8. The van der Waals surface area contributed by atoms with E-state index in [1.807, 2.05) is 0 Å². The zero-order valence-corrected chi connectivity index (χ0v) is 13.0. The molecule has 9 heteroatoms. The van der Waals surface area contributed by atoms with E-state index in [0.717, 1.165) is 0 Å². The van der Waals surface area contributed by atoms with Gasteiger partial charge < -0.3 is 25.1 Å². The van der Waals surface area contributed by atoms with E-state index < -0.39 is 35.3 Å². The molecule has 2 saturated heterocycles. The summed E-state index contributed by atoms with van der Waals surface area (Å²) < 4.78 is 19.5. The highest BCUT2D eigenvalue weighted by atomic mass is 16.8. The maximum atomic E-state index is 10.4. The molecule has 3 aliphatic rings. The summed E-state index contributed by atoms with van der Waals surface area (Å²) in [7, 11) is 0. The average Bonchev–Trinajstić information content (AvgIpc) is 2.94. The van der Waals surface area contributed by atoms with Crippen molar-refractivity contribution in [2.45, 2.75) is 49.1 Å². The van der Waals surface area contributed by atoms with Crippen LogP contribution in [0.3, 0.4) is 0 Å². The smallest absolute Gasteiger partial charge is 0.218 e. The number of hydrogen-bond donors (Lipinski definition) is 2. The number of ether oxygens (including phenoxy) is 3. The Bertz CT molecular complexity index is 920. The fourth-order valence-corrected chi connectivity index (χ4v) is 4.09. The van der Waals surface area contributed by atoms with Crippen molar-refractivity contribution in [2.24, 2.45) is 0 Å². The number of anilines is 1. The Morgan fingerprint density at radius 2 is 2.17 bits per heavy atom. The number of nitrogen functional groups attached to an aromatic ring is 1. The van der Waals surface area contributed by atoms with Crippen molar-refractivity contribution in [1.82, 2.24) is 14.6 Å². The number of fused-ring (bicyclic) bond motifs is 1. The molecule has 0 amide bonds. The molecule has 0 bridgehead atoms. The topological polar surface area (TPSA) is 128 Å². The van der Waals surface area contributed by atoms with Gasteiger partial charge >= 0.3 is 0 Å². The van der Waals surface area contributed by atoms with Gasteiger partial charge in [0.1, 0.15) is 36.2 Å². The summed E-state index contributed by atoms with van der Waals surface area (Å²) in [4.78, 5) is 3.96. The van der Waals surface area contributed by atoms with Crippen LogP contribution in [0.1, 0.15) is 25.6 Å². The molecule has 1 saturated carbocycles. The van der Waals surface area contributed by atoms with Crippen molar-refractivity contribution in [1.29, 1.82) is 5.26 Å². The molecule has 3 N–H and O–H groups in total. The third-order valence-corrected chi connectivity index (χ3v) is 5.09. The monoisotopic (exact) mass is 329 g/mol. The van der Waals surface area contributed by atoms with Crippen LogP contribution >= 0.6 is 0 Å². The number of nitrogens with two attached hydrogens (primary N) is 1. The molecule has 2 aromatic heterocycles. The van der Waals surface area contributed by atoms with Gasteiger partial charge in [-0.15, -0.1) is 0 Å². The van der Waals surface area contributed by atoms with Gasteiger partial charge in [0.05, 0.1) is 5.69 Å². The minimum Gasteiger partial charge on any atom is -0.386 e. The molecule has 4 heterocycles. The molecule has 2 aromatic rings. The van der Waals surface area contributed by atoms with Crippen molar-refractivity contribution in [3.05, 3.63) is 24.2 Å². The molecule has 2 aliphatic heterocycles. The highest BCUT2D eigenvalue weighted by Gasteiger charge is 2.93. The first-order valence-corrected chi connectivity index (χ1v) is 7.59. The summed E-state index contributed by atoms with van der Waals surface area (Å²) in [5, 5.41) is 24.2. The highest BCUT2D eigenvalue weighted by Crippen LogP contribution is 2.70. The summed E-state index contributed by atoms with van der Waals surface area (Å²) in [5.74, 6) is -0.582. The maximum absolute atomic E-state index is 10.4. The molecule has 9 nitrogen and oxygen atoms in total. The number of nitrogens with zero attached hydrogens (tertiary/aromatic N) is 4. The molecule has 24 heavy (non-hydrogen) atoms.